The van der Waals surface area contributed by atoms with Crippen LogP contribution in [-0.2, 0) is 16.6 Å². The highest BCUT2D eigenvalue weighted by Gasteiger charge is 2.11. The molecule has 0 spiro atoms. The molecule has 0 N–H and O–H groups in total. The lowest BCUT2D eigenvalue weighted by atomic mass is 10.2. The smallest absolute Gasteiger partial charge is 0.284 e. The molecule has 128 valence electrons. The molecule has 0 bridgehead atoms. The van der Waals surface area contributed by atoms with E-state index in [0.717, 1.165) is 5.56 Å². The summed E-state index contributed by atoms with van der Waals surface area (Å²) in [4.78, 5) is 5.85. The minimum atomic E-state index is -3.80. The Labute approximate surface area is 146 Å². The number of hydrogen-bond acceptors (Lipinski definition) is 3. The number of aromatic nitrogens is 1. The van der Waals surface area contributed by atoms with Crippen molar-refractivity contribution in [3.63, 3.8) is 0 Å². The SMILES string of the molecule is Cc1ccc(COn2ccccc2=NS(=O)(=O)c2ccccc2)cc1. The lowest BCUT2D eigenvalue weighted by Gasteiger charge is -2.10. The summed E-state index contributed by atoms with van der Waals surface area (Å²) < 4.78 is 30.1. The van der Waals surface area contributed by atoms with Crippen molar-refractivity contribution in [2.24, 2.45) is 4.40 Å². The second-order valence-electron chi connectivity index (χ2n) is 5.52. The van der Waals surface area contributed by atoms with Gasteiger partial charge in [-0.3, -0.25) is 0 Å². The third-order valence-corrected chi connectivity index (χ3v) is 4.84. The number of hydrogen-bond donors (Lipinski definition) is 0. The van der Waals surface area contributed by atoms with Gasteiger partial charge in [-0.2, -0.15) is 13.1 Å². The first kappa shape index (κ1) is 17.0. The summed E-state index contributed by atoms with van der Waals surface area (Å²) in [6.07, 6.45) is 1.63. The molecule has 0 amide bonds. The van der Waals surface area contributed by atoms with E-state index in [2.05, 4.69) is 4.40 Å². The molecular formula is C19H18N2O3S. The Hall–Kier alpha value is -2.86. The monoisotopic (exact) mass is 354 g/mol. The van der Waals surface area contributed by atoms with Crippen molar-refractivity contribution < 1.29 is 13.3 Å². The summed E-state index contributed by atoms with van der Waals surface area (Å²) in [5.74, 6) is 0. The fraction of sp³-hybridized carbons (Fsp3) is 0.105. The summed E-state index contributed by atoms with van der Waals surface area (Å²) >= 11 is 0. The molecule has 0 saturated carbocycles. The van der Waals surface area contributed by atoms with Crippen molar-refractivity contribution in [1.29, 1.82) is 0 Å². The molecule has 0 atom stereocenters. The van der Waals surface area contributed by atoms with E-state index in [9.17, 15) is 8.42 Å². The van der Waals surface area contributed by atoms with Crippen LogP contribution in [0.5, 0.6) is 0 Å². The fourth-order valence-corrected chi connectivity index (χ4v) is 3.19. The van der Waals surface area contributed by atoms with Gasteiger partial charge in [0.1, 0.15) is 6.61 Å². The first-order valence-electron chi connectivity index (χ1n) is 7.77. The molecule has 0 aliphatic rings. The highest BCUT2D eigenvalue weighted by atomic mass is 32.2. The van der Waals surface area contributed by atoms with Crippen LogP contribution in [0.1, 0.15) is 11.1 Å². The standard InChI is InChI=1S/C19H18N2O3S/c1-16-10-12-17(13-11-16)15-24-21-14-6-5-9-19(21)20-25(22,23)18-7-3-2-4-8-18/h2-14H,15H2,1H3. The first-order chi connectivity index (χ1) is 12.0. The minimum Gasteiger partial charge on any atom is -0.408 e. The summed E-state index contributed by atoms with van der Waals surface area (Å²) in [5.41, 5.74) is 2.36. The molecular weight excluding hydrogens is 336 g/mol. The quantitative estimate of drug-likeness (QED) is 0.708. The maximum atomic E-state index is 12.4. The number of aryl methyl sites for hydroxylation is 1. The normalized spacial score (nSPS) is 12.1. The van der Waals surface area contributed by atoms with Gasteiger partial charge in [0.15, 0.2) is 5.49 Å². The molecule has 0 aliphatic carbocycles. The topological polar surface area (TPSA) is 60.7 Å². The molecule has 1 aromatic heterocycles. The van der Waals surface area contributed by atoms with Gasteiger partial charge in [-0.25, -0.2) is 0 Å². The average Bonchev–Trinajstić information content (AvgIpc) is 2.63. The zero-order valence-corrected chi connectivity index (χ0v) is 14.6. The third-order valence-electron chi connectivity index (χ3n) is 3.55. The number of sulfonamides is 1. The summed E-state index contributed by atoms with van der Waals surface area (Å²) in [6.45, 7) is 2.32. The van der Waals surface area contributed by atoms with Gasteiger partial charge in [-0.05, 0) is 36.8 Å². The van der Waals surface area contributed by atoms with Crippen molar-refractivity contribution in [2.75, 3.05) is 0 Å². The Bertz CT molecular complexity index is 1010. The molecule has 2 aromatic carbocycles. The largest absolute Gasteiger partial charge is 0.408 e. The van der Waals surface area contributed by atoms with E-state index in [0.29, 0.717) is 6.61 Å². The maximum absolute atomic E-state index is 12.4. The molecule has 3 aromatic rings. The number of pyridine rings is 1. The average molecular weight is 354 g/mol. The van der Waals surface area contributed by atoms with Crippen LogP contribution >= 0.6 is 0 Å². The van der Waals surface area contributed by atoms with E-state index in [1.807, 2.05) is 31.2 Å². The van der Waals surface area contributed by atoms with E-state index in [1.54, 1.807) is 42.6 Å². The summed E-state index contributed by atoms with van der Waals surface area (Å²) in [7, 11) is -3.80. The van der Waals surface area contributed by atoms with Crippen molar-refractivity contribution in [1.82, 2.24) is 4.73 Å². The van der Waals surface area contributed by atoms with Gasteiger partial charge in [-0.1, -0.05) is 54.1 Å². The molecule has 25 heavy (non-hydrogen) atoms. The van der Waals surface area contributed by atoms with E-state index in [-0.39, 0.29) is 10.4 Å². The highest BCUT2D eigenvalue weighted by molar-refractivity contribution is 7.90. The molecule has 6 heteroatoms. The molecule has 5 nitrogen and oxygen atoms in total. The van der Waals surface area contributed by atoms with Crippen molar-refractivity contribution in [3.05, 3.63) is 95.6 Å². The zero-order chi connectivity index (χ0) is 17.7. The summed E-state index contributed by atoms with van der Waals surface area (Å²) in [6, 6.07) is 21.1. The summed E-state index contributed by atoms with van der Waals surface area (Å²) in [5, 5.41) is 0. The Balaban J connectivity index is 1.89. The van der Waals surface area contributed by atoms with Gasteiger partial charge in [0.05, 0.1) is 4.90 Å². The highest BCUT2D eigenvalue weighted by Crippen LogP contribution is 2.10. The van der Waals surface area contributed by atoms with E-state index in [1.165, 1.54) is 22.4 Å². The maximum Gasteiger partial charge on any atom is 0.284 e. The Morgan fingerprint density at radius 3 is 2.32 bits per heavy atom. The molecule has 3 rings (SSSR count). The second kappa shape index (κ2) is 7.36. The van der Waals surface area contributed by atoms with Gasteiger partial charge in [-0.15, -0.1) is 4.40 Å². The van der Waals surface area contributed by atoms with Crippen LogP contribution in [0.2, 0.25) is 0 Å². The minimum absolute atomic E-state index is 0.143. The zero-order valence-electron chi connectivity index (χ0n) is 13.7. The van der Waals surface area contributed by atoms with Crippen LogP contribution in [0.25, 0.3) is 0 Å². The van der Waals surface area contributed by atoms with Gasteiger partial charge >= 0.3 is 0 Å². The van der Waals surface area contributed by atoms with Crippen LogP contribution in [0.4, 0.5) is 0 Å². The molecule has 0 fully saturated rings. The van der Waals surface area contributed by atoms with Crippen molar-refractivity contribution >= 4 is 10.0 Å². The van der Waals surface area contributed by atoms with Crippen LogP contribution < -0.4 is 10.3 Å². The van der Waals surface area contributed by atoms with Crippen LogP contribution in [0.3, 0.4) is 0 Å². The van der Waals surface area contributed by atoms with E-state index in [4.69, 9.17) is 4.84 Å². The van der Waals surface area contributed by atoms with E-state index >= 15 is 0 Å². The molecule has 0 aliphatic heterocycles. The molecule has 0 radical (unpaired) electrons. The van der Waals surface area contributed by atoms with Gasteiger partial charge < -0.3 is 4.84 Å². The molecule has 1 heterocycles. The Morgan fingerprint density at radius 1 is 0.920 bits per heavy atom. The Kier molecular flexibility index (Phi) is 5.00. The van der Waals surface area contributed by atoms with E-state index < -0.39 is 10.0 Å². The van der Waals surface area contributed by atoms with Gasteiger partial charge in [0.25, 0.3) is 10.0 Å². The third kappa shape index (κ3) is 4.36. The van der Waals surface area contributed by atoms with Crippen molar-refractivity contribution in [3.8, 4) is 0 Å². The number of rotatable bonds is 5. The first-order valence-corrected chi connectivity index (χ1v) is 9.21. The molecule has 0 saturated heterocycles. The predicted molar refractivity (Wildman–Crippen MR) is 95.1 cm³/mol. The number of benzene rings is 2. The molecule has 0 unspecified atom stereocenters. The van der Waals surface area contributed by atoms with Gasteiger partial charge in [0, 0.05) is 6.20 Å². The predicted octanol–water partition coefficient (Wildman–Crippen LogP) is 2.71. The van der Waals surface area contributed by atoms with Crippen molar-refractivity contribution in [2.45, 2.75) is 18.4 Å². The van der Waals surface area contributed by atoms with Crippen LogP contribution in [0.15, 0.2) is 88.3 Å². The number of nitrogens with zero attached hydrogens (tertiary/aromatic N) is 2. The van der Waals surface area contributed by atoms with Crippen LogP contribution in [0, 0.1) is 6.92 Å². The Morgan fingerprint density at radius 2 is 1.60 bits per heavy atom. The van der Waals surface area contributed by atoms with Crippen LogP contribution in [-0.4, -0.2) is 13.1 Å². The second-order valence-corrected chi connectivity index (χ2v) is 7.13. The lowest BCUT2D eigenvalue weighted by molar-refractivity contribution is 0.0877. The fourth-order valence-electron chi connectivity index (χ4n) is 2.20. The van der Waals surface area contributed by atoms with Gasteiger partial charge in [0.2, 0.25) is 0 Å². The lowest BCUT2D eigenvalue weighted by Crippen LogP contribution is -2.27.